The van der Waals surface area contributed by atoms with Crippen LogP contribution < -0.4 is 5.32 Å². The molecule has 0 radical (unpaired) electrons. The molecule has 2 heterocycles. The summed E-state index contributed by atoms with van der Waals surface area (Å²) in [6.07, 6.45) is 4.42. The number of β-amino-alcohol motifs (C(OH)–C–C–N with tert-alkyl or cyclic N) is 1. The van der Waals surface area contributed by atoms with Crippen LogP contribution in [0.3, 0.4) is 0 Å². The molecule has 4 nitrogen and oxygen atoms in total. The van der Waals surface area contributed by atoms with Crippen molar-refractivity contribution < 1.29 is 9.84 Å². The topological polar surface area (TPSA) is 44.7 Å². The summed E-state index contributed by atoms with van der Waals surface area (Å²) in [7, 11) is 0. The van der Waals surface area contributed by atoms with Gasteiger partial charge >= 0.3 is 0 Å². The summed E-state index contributed by atoms with van der Waals surface area (Å²) in [4.78, 5) is 2.36. The third-order valence-corrected chi connectivity index (χ3v) is 4.01. The van der Waals surface area contributed by atoms with Gasteiger partial charge < -0.3 is 20.1 Å². The van der Waals surface area contributed by atoms with Gasteiger partial charge in [0, 0.05) is 25.7 Å². The van der Waals surface area contributed by atoms with E-state index >= 15 is 0 Å². The Hall–Kier alpha value is -0.160. The van der Waals surface area contributed by atoms with Crippen LogP contribution >= 0.6 is 0 Å². The van der Waals surface area contributed by atoms with Crippen molar-refractivity contribution in [2.75, 3.05) is 32.8 Å². The number of ether oxygens (including phenoxy) is 1. The molecule has 0 spiro atoms. The Kier molecular flexibility index (Phi) is 5.01. The fourth-order valence-corrected chi connectivity index (χ4v) is 3.04. The monoisotopic (exact) mass is 256 g/mol. The molecule has 0 bridgehead atoms. The van der Waals surface area contributed by atoms with E-state index in [1.807, 2.05) is 0 Å². The average molecular weight is 256 g/mol. The van der Waals surface area contributed by atoms with Crippen LogP contribution in [0.5, 0.6) is 0 Å². The van der Waals surface area contributed by atoms with E-state index in [0.29, 0.717) is 12.6 Å². The highest BCUT2D eigenvalue weighted by atomic mass is 16.5. The van der Waals surface area contributed by atoms with Crippen molar-refractivity contribution in [2.24, 2.45) is 0 Å². The van der Waals surface area contributed by atoms with Gasteiger partial charge in [-0.25, -0.2) is 0 Å². The van der Waals surface area contributed by atoms with Crippen LogP contribution in [0.2, 0.25) is 0 Å². The molecule has 2 aliphatic rings. The Morgan fingerprint density at radius 2 is 2.11 bits per heavy atom. The first-order chi connectivity index (χ1) is 8.55. The number of aliphatic hydroxyl groups is 1. The van der Waals surface area contributed by atoms with Gasteiger partial charge in [-0.05, 0) is 52.6 Å². The van der Waals surface area contributed by atoms with Gasteiger partial charge in [-0.15, -0.1) is 0 Å². The lowest BCUT2D eigenvalue weighted by Crippen LogP contribution is -2.47. The molecule has 0 aromatic heterocycles. The number of rotatable bonds is 5. The third kappa shape index (κ3) is 4.50. The highest BCUT2D eigenvalue weighted by Crippen LogP contribution is 2.23. The van der Waals surface area contributed by atoms with Crippen molar-refractivity contribution >= 4 is 0 Å². The highest BCUT2D eigenvalue weighted by molar-refractivity contribution is 4.84. The van der Waals surface area contributed by atoms with E-state index in [9.17, 15) is 5.11 Å². The maximum absolute atomic E-state index is 10.0. The number of aliphatic hydroxyl groups excluding tert-OH is 1. The molecule has 0 aromatic carbocycles. The molecule has 2 N–H and O–H groups in total. The van der Waals surface area contributed by atoms with Gasteiger partial charge in [0.2, 0.25) is 0 Å². The molecular weight excluding hydrogens is 228 g/mol. The minimum absolute atomic E-state index is 0.0180. The second kappa shape index (κ2) is 6.33. The SMILES string of the molecule is CC1(C)CC(NCC(O)CN2CCCC2)CCO1. The second-order valence-corrected chi connectivity index (χ2v) is 6.37. The summed E-state index contributed by atoms with van der Waals surface area (Å²) in [6.45, 7) is 8.94. The maximum atomic E-state index is 10.0. The summed E-state index contributed by atoms with van der Waals surface area (Å²) >= 11 is 0. The van der Waals surface area contributed by atoms with Gasteiger partial charge in [-0.1, -0.05) is 0 Å². The molecule has 0 amide bonds. The molecule has 2 saturated heterocycles. The highest BCUT2D eigenvalue weighted by Gasteiger charge is 2.28. The van der Waals surface area contributed by atoms with Gasteiger partial charge in [0.1, 0.15) is 0 Å². The van der Waals surface area contributed by atoms with E-state index < -0.39 is 0 Å². The first kappa shape index (κ1) is 14.3. The molecule has 2 rings (SSSR count). The van der Waals surface area contributed by atoms with Crippen LogP contribution in [0.4, 0.5) is 0 Å². The summed E-state index contributed by atoms with van der Waals surface area (Å²) in [5.41, 5.74) is -0.0180. The molecule has 0 aliphatic carbocycles. The normalized spacial score (nSPS) is 30.5. The van der Waals surface area contributed by atoms with Crippen LogP contribution in [0.15, 0.2) is 0 Å². The van der Waals surface area contributed by atoms with Crippen molar-refractivity contribution in [1.82, 2.24) is 10.2 Å². The van der Waals surface area contributed by atoms with Crippen molar-refractivity contribution in [3.05, 3.63) is 0 Å². The lowest BCUT2D eigenvalue weighted by molar-refractivity contribution is -0.0640. The van der Waals surface area contributed by atoms with E-state index in [1.165, 1.54) is 12.8 Å². The minimum atomic E-state index is -0.242. The Morgan fingerprint density at radius 3 is 2.78 bits per heavy atom. The predicted molar refractivity (Wildman–Crippen MR) is 72.7 cm³/mol. The molecule has 4 heteroatoms. The number of nitrogens with one attached hydrogen (secondary N) is 1. The van der Waals surface area contributed by atoms with Gasteiger partial charge in [0.15, 0.2) is 0 Å². The Bertz CT molecular complexity index is 252. The number of likely N-dealkylation sites (tertiary alicyclic amines) is 1. The molecule has 18 heavy (non-hydrogen) atoms. The predicted octanol–water partition coefficient (Wildman–Crippen LogP) is 0.990. The van der Waals surface area contributed by atoms with Gasteiger partial charge in [0.05, 0.1) is 11.7 Å². The summed E-state index contributed by atoms with van der Waals surface area (Å²) in [5, 5.41) is 13.5. The van der Waals surface area contributed by atoms with Crippen molar-refractivity contribution in [3.63, 3.8) is 0 Å². The fraction of sp³-hybridized carbons (Fsp3) is 1.00. The molecule has 106 valence electrons. The zero-order valence-corrected chi connectivity index (χ0v) is 11.8. The van der Waals surface area contributed by atoms with E-state index in [0.717, 1.165) is 39.1 Å². The Balaban J connectivity index is 1.64. The van der Waals surface area contributed by atoms with Gasteiger partial charge in [0.25, 0.3) is 0 Å². The minimum Gasteiger partial charge on any atom is -0.390 e. The number of hydrogen-bond acceptors (Lipinski definition) is 4. The smallest absolute Gasteiger partial charge is 0.0791 e. The molecule has 2 fully saturated rings. The van der Waals surface area contributed by atoms with Crippen LogP contribution in [-0.4, -0.2) is 60.5 Å². The first-order valence-electron chi connectivity index (χ1n) is 7.33. The van der Waals surface area contributed by atoms with Crippen molar-refractivity contribution in [3.8, 4) is 0 Å². The van der Waals surface area contributed by atoms with Crippen LogP contribution in [0.1, 0.15) is 39.5 Å². The van der Waals surface area contributed by atoms with Crippen molar-refractivity contribution in [1.29, 1.82) is 0 Å². The van der Waals surface area contributed by atoms with E-state index in [-0.39, 0.29) is 11.7 Å². The molecule has 0 aromatic rings. The van der Waals surface area contributed by atoms with Crippen LogP contribution in [0.25, 0.3) is 0 Å². The molecule has 0 saturated carbocycles. The quantitative estimate of drug-likeness (QED) is 0.770. The fourth-order valence-electron chi connectivity index (χ4n) is 3.04. The summed E-state index contributed by atoms with van der Waals surface area (Å²) < 4.78 is 5.70. The van der Waals surface area contributed by atoms with Crippen LogP contribution in [0, 0.1) is 0 Å². The van der Waals surface area contributed by atoms with E-state index in [2.05, 4.69) is 24.1 Å². The maximum Gasteiger partial charge on any atom is 0.0791 e. The molecule has 2 unspecified atom stereocenters. The van der Waals surface area contributed by atoms with Crippen molar-refractivity contribution in [2.45, 2.75) is 57.3 Å². The molecule has 2 atom stereocenters. The largest absolute Gasteiger partial charge is 0.390 e. The van der Waals surface area contributed by atoms with Gasteiger partial charge in [-0.3, -0.25) is 0 Å². The molecule has 2 aliphatic heterocycles. The Morgan fingerprint density at radius 1 is 1.39 bits per heavy atom. The second-order valence-electron chi connectivity index (χ2n) is 6.37. The number of nitrogens with zero attached hydrogens (tertiary/aromatic N) is 1. The van der Waals surface area contributed by atoms with E-state index in [4.69, 9.17) is 4.74 Å². The van der Waals surface area contributed by atoms with E-state index in [1.54, 1.807) is 0 Å². The lowest BCUT2D eigenvalue weighted by Gasteiger charge is -2.36. The standard InChI is InChI=1S/C14H28N2O2/c1-14(2)9-12(5-8-18-14)15-10-13(17)11-16-6-3-4-7-16/h12-13,15,17H,3-11H2,1-2H3. The Labute approximate surface area is 111 Å². The summed E-state index contributed by atoms with van der Waals surface area (Å²) in [5.74, 6) is 0. The third-order valence-electron chi connectivity index (χ3n) is 4.01. The number of hydrogen-bond donors (Lipinski definition) is 2. The molecular formula is C14H28N2O2. The lowest BCUT2D eigenvalue weighted by atomic mass is 9.94. The zero-order chi connectivity index (χ0) is 13.0. The first-order valence-corrected chi connectivity index (χ1v) is 7.33. The zero-order valence-electron chi connectivity index (χ0n) is 11.8. The van der Waals surface area contributed by atoms with Gasteiger partial charge in [-0.2, -0.15) is 0 Å². The average Bonchev–Trinajstić information content (AvgIpc) is 2.78. The van der Waals surface area contributed by atoms with Crippen LogP contribution in [-0.2, 0) is 4.74 Å². The summed E-state index contributed by atoms with van der Waals surface area (Å²) in [6, 6.07) is 0.488.